The summed E-state index contributed by atoms with van der Waals surface area (Å²) in [6.07, 6.45) is -2.75. The van der Waals surface area contributed by atoms with Crippen molar-refractivity contribution in [2.75, 3.05) is 7.11 Å². The number of allylic oxidation sites excluding steroid dienone is 1. The average molecular weight is 246 g/mol. The first-order chi connectivity index (χ1) is 7.54. The van der Waals surface area contributed by atoms with E-state index in [1.165, 1.54) is 0 Å². The van der Waals surface area contributed by atoms with Crippen LogP contribution in [0.3, 0.4) is 0 Å². The molecule has 0 aromatic heterocycles. The van der Waals surface area contributed by atoms with Gasteiger partial charge in [0.25, 0.3) is 6.43 Å². The molecule has 1 unspecified atom stereocenters. The Hall–Kier alpha value is -1.23. The second kappa shape index (κ2) is 5.75. The summed E-state index contributed by atoms with van der Waals surface area (Å²) in [7, 11) is -0.480. The second-order valence-corrected chi connectivity index (χ2v) is 4.44. The minimum Gasteiger partial charge on any atom is -0.494 e. The van der Waals surface area contributed by atoms with Crippen LogP contribution in [0.1, 0.15) is 5.56 Å². The molecular weight excluding hydrogens is 234 g/mol. The van der Waals surface area contributed by atoms with Crippen molar-refractivity contribution in [1.29, 1.82) is 0 Å². The smallest absolute Gasteiger partial charge is 0.295 e. The highest BCUT2D eigenvalue weighted by Gasteiger charge is 2.13. The molecule has 1 rings (SSSR count). The number of benzene rings is 1. The Morgan fingerprint density at radius 1 is 1.38 bits per heavy atom. The molecule has 0 aliphatic rings. The van der Waals surface area contributed by atoms with Crippen LogP contribution in [0.15, 0.2) is 40.3 Å². The monoisotopic (exact) mass is 246 g/mol. The topological polar surface area (TPSA) is 26.3 Å². The van der Waals surface area contributed by atoms with Crippen LogP contribution in [-0.4, -0.2) is 17.7 Å². The first-order valence-electron chi connectivity index (χ1n) is 4.55. The summed E-state index contributed by atoms with van der Waals surface area (Å²) >= 11 is 0. The van der Waals surface area contributed by atoms with E-state index >= 15 is 0 Å². The van der Waals surface area contributed by atoms with Crippen LogP contribution in [0.25, 0.3) is 0 Å². The van der Waals surface area contributed by atoms with Crippen LogP contribution in [0.2, 0.25) is 0 Å². The molecule has 0 radical (unpaired) electrons. The van der Waals surface area contributed by atoms with Crippen molar-refractivity contribution < 1.29 is 17.7 Å². The van der Waals surface area contributed by atoms with Gasteiger partial charge in [-0.3, -0.25) is 0 Å². The maximum Gasteiger partial charge on any atom is 0.295 e. The normalized spacial score (nSPS) is 13.9. The van der Waals surface area contributed by atoms with Crippen molar-refractivity contribution in [2.24, 2.45) is 0 Å². The molecule has 0 N–H and O–H groups in total. The Morgan fingerprint density at radius 2 is 1.94 bits per heavy atom. The zero-order valence-corrected chi connectivity index (χ0v) is 9.76. The van der Waals surface area contributed by atoms with Gasteiger partial charge >= 0.3 is 0 Å². The lowest BCUT2D eigenvalue weighted by atomic mass is 10.2. The summed E-state index contributed by atoms with van der Waals surface area (Å²) in [5.41, 5.74) is 1.02. The number of hydrogen-bond donors (Lipinski definition) is 0. The second-order valence-electron chi connectivity index (χ2n) is 3.14. The summed E-state index contributed by atoms with van der Waals surface area (Å²) in [5.74, 6) is -0.570. The molecule has 16 heavy (non-hydrogen) atoms. The Labute approximate surface area is 95.4 Å². The Balaban J connectivity index is 2.90. The van der Waals surface area contributed by atoms with E-state index in [1.54, 1.807) is 24.3 Å². The number of halogens is 2. The minimum atomic E-state index is -2.75. The fourth-order valence-corrected chi connectivity index (χ4v) is 1.99. The van der Waals surface area contributed by atoms with E-state index in [-0.39, 0.29) is 0 Å². The highest BCUT2D eigenvalue weighted by atomic mass is 32.2. The van der Waals surface area contributed by atoms with Crippen LogP contribution < -0.4 is 0 Å². The first kappa shape index (κ1) is 12.8. The van der Waals surface area contributed by atoms with Gasteiger partial charge in [0.1, 0.15) is 0 Å². The van der Waals surface area contributed by atoms with Gasteiger partial charge in [-0.05, 0) is 19.1 Å². The van der Waals surface area contributed by atoms with Crippen LogP contribution in [0, 0.1) is 6.92 Å². The molecule has 88 valence electrons. The molecule has 1 atom stereocenters. The highest BCUT2D eigenvalue weighted by Crippen LogP contribution is 2.15. The van der Waals surface area contributed by atoms with Gasteiger partial charge in [0, 0.05) is 4.90 Å². The summed E-state index contributed by atoms with van der Waals surface area (Å²) in [6, 6.07) is 6.83. The third-order valence-corrected chi connectivity index (χ3v) is 3.11. The third-order valence-electron chi connectivity index (χ3n) is 1.93. The zero-order chi connectivity index (χ0) is 12.1. The van der Waals surface area contributed by atoms with E-state index < -0.39 is 23.0 Å². The standard InChI is InChI=1S/C11H12F2O2S/c1-8-3-5-9(6-4-8)16(14)7-10(15-2)11(12)13/h3-7,11H,1-2H3/b10-7+. The van der Waals surface area contributed by atoms with E-state index in [2.05, 4.69) is 4.74 Å². The lowest BCUT2D eigenvalue weighted by molar-refractivity contribution is 0.107. The lowest BCUT2D eigenvalue weighted by Gasteiger charge is -2.04. The molecule has 0 aliphatic carbocycles. The van der Waals surface area contributed by atoms with Gasteiger partial charge in [-0.15, -0.1) is 0 Å². The summed E-state index contributed by atoms with van der Waals surface area (Å²) in [6.45, 7) is 1.89. The summed E-state index contributed by atoms with van der Waals surface area (Å²) < 4.78 is 40.7. The van der Waals surface area contributed by atoms with Crippen molar-refractivity contribution in [3.63, 3.8) is 0 Å². The van der Waals surface area contributed by atoms with E-state index in [4.69, 9.17) is 0 Å². The number of methoxy groups -OCH3 is 1. The van der Waals surface area contributed by atoms with Gasteiger partial charge in [0.2, 0.25) is 0 Å². The SMILES string of the molecule is CO/C(=C/S(=O)c1ccc(C)cc1)C(F)F. The zero-order valence-electron chi connectivity index (χ0n) is 8.94. The third kappa shape index (κ3) is 3.41. The van der Waals surface area contributed by atoms with Crippen LogP contribution in [0.5, 0.6) is 0 Å². The molecule has 1 aromatic carbocycles. The lowest BCUT2D eigenvalue weighted by Crippen LogP contribution is -2.01. The Morgan fingerprint density at radius 3 is 2.38 bits per heavy atom. The van der Waals surface area contributed by atoms with Crippen molar-refractivity contribution >= 4 is 10.8 Å². The molecule has 0 spiro atoms. The number of hydrogen-bond acceptors (Lipinski definition) is 2. The van der Waals surface area contributed by atoms with Crippen LogP contribution in [-0.2, 0) is 15.5 Å². The molecule has 0 amide bonds. The molecular formula is C11H12F2O2S. The Bertz CT molecular complexity index is 399. The van der Waals surface area contributed by atoms with Gasteiger partial charge in [0.15, 0.2) is 5.76 Å². The van der Waals surface area contributed by atoms with Crippen LogP contribution in [0.4, 0.5) is 8.78 Å². The predicted molar refractivity (Wildman–Crippen MR) is 58.7 cm³/mol. The molecule has 5 heteroatoms. The van der Waals surface area contributed by atoms with E-state index in [0.29, 0.717) is 4.90 Å². The van der Waals surface area contributed by atoms with Gasteiger partial charge in [-0.25, -0.2) is 13.0 Å². The molecule has 0 aliphatic heterocycles. The average Bonchev–Trinajstić information content (AvgIpc) is 2.26. The number of aryl methyl sites for hydroxylation is 1. The van der Waals surface area contributed by atoms with Crippen molar-refractivity contribution in [3.8, 4) is 0 Å². The fraction of sp³-hybridized carbons (Fsp3) is 0.273. The molecule has 0 saturated carbocycles. The van der Waals surface area contributed by atoms with Gasteiger partial charge in [-0.2, -0.15) is 0 Å². The molecule has 1 aromatic rings. The molecule has 2 nitrogen and oxygen atoms in total. The van der Waals surface area contributed by atoms with E-state index in [1.807, 2.05) is 6.92 Å². The number of ether oxygens (including phenoxy) is 1. The minimum absolute atomic E-state index is 0.473. The Kier molecular flexibility index (Phi) is 4.61. The fourth-order valence-electron chi connectivity index (χ4n) is 1.03. The van der Waals surface area contributed by atoms with Crippen LogP contribution >= 0.6 is 0 Å². The molecule has 0 bridgehead atoms. The predicted octanol–water partition coefficient (Wildman–Crippen LogP) is 2.86. The quantitative estimate of drug-likeness (QED) is 0.764. The number of rotatable bonds is 4. The summed E-state index contributed by atoms with van der Waals surface area (Å²) in [4.78, 5) is 0.473. The van der Waals surface area contributed by atoms with Crippen molar-refractivity contribution in [3.05, 3.63) is 41.0 Å². The van der Waals surface area contributed by atoms with E-state index in [0.717, 1.165) is 18.1 Å². The maximum absolute atomic E-state index is 12.3. The van der Waals surface area contributed by atoms with Crippen molar-refractivity contribution in [2.45, 2.75) is 18.2 Å². The molecule has 0 saturated heterocycles. The van der Waals surface area contributed by atoms with Gasteiger partial charge < -0.3 is 4.74 Å². The van der Waals surface area contributed by atoms with E-state index in [9.17, 15) is 13.0 Å². The largest absolute Gasteiger partial charge is 0.494 e. The molecule has 0 fully saturated rings. The first-order valence-corrected chi connectivity index (χ1v) is 5.77. The number of alkyl halides is 2. The van der Waals surface area contributed by atoms with Crippen molar-refractivity contribution in [1.82, 2.24) is 0 Å². The molecule has 0 heterocycles. The highest BCUT2D eigenvalue weighted by molar-refractivity contribution is 7.88. The van der Waals surface area contributed by atoms with Gasteiger partial charge in [-0.1, -0.05) is 17.7 Å². The maximum atomic E-state index is 12.3. The van der Waals surface area contributed by atoms with Gasteiger partial charge in [0.05, 0.1) is 23.3 Å². The summed E-state index contributed by atoms with van der Waals surface area (Å²) in [5, 5.41) is 0.926.